The summed E-state index contributed by atoms with van der Waals surface area (Å²) in [6.45, 7) is 0. The minimum Gasteiger partial charge on any atom is -0.265 e. The van der Waals surface area contributed by atoms with E-state index < -0.39 is 0 Å². The van der Waals surface area contributed by atoms with Gasteiger partial charge in [0.2, 0.25) is 0 Å². The van der Waals surface area contributed by atoms with Crippen LogP contribution in [0.15, 0.2) is 54.9 Å². The lowest BCUT2D eigenvalue weighted by atomic mass is 10.2. The van der Waals surface area contributed by atoms with Gasteiger partial charge in [0.1, 0.15) is 6.07 Å². The summed E-state index contributed by atoms with van der Waals surface area (Å²) in [5.74, 6) is 0. The van der Waals surface area contributed by atoms with Gasteiger partial charge in [-0.1, -0.05) is 23.7 Å². The van der Waals surface area contributed by atoms with E-state index in [1.165, 1.54) is 0 Å². The number of hydrogen-bond acceptors (Lipinski definition) is 3. The molecule has 0 aliphatic heterocycles. The van der Waals surface area contributed by atoms with Crippen LogP contribution in [0.25, 0.3) is 16.9 Å². The van der Waals surface area contributed by atoms with Crippen LogP contribution in [0, 0.1) is 11.3 Å². The van der Waals surface area contributed by atoms with Crippen LogP contribution in [-0.4, -0.2) is 14.8 Å². The molecule has 0 aliphatic carbocycles. The van der Waals surface area contributed by atoms with Crippen molar-refractivity contribution in [3.63, 3.8) is 0 Å². The molecule has 4 nitrogen and oxygen atoms in total. The van der Waals surface area contributed by atoms with Crippen LogP contribution < -0.4 is 0 Å². The fourth-order valence-corrected chi connectivity index (χ4v) is 2.19. The number of nitrogens with zero attached hydrogens (tertiary/aromatic N) is 4. The third-order valence-electron chi connectivity index (χ3n) is 2.88. The van der Waals surface area contributed by atoms with Crippen LogP contribution in [-0.2, 0) is 0 Å². The van der Waals surface area contributed by atoms with Gasteiger partial charge in [-0.15, -0.1) is 0 Å². The number of nitriles is 1. The van der Waals surface area contributed by atoms with Crippen molar-refractivity contribution in [2.45, 2.75) is 0 Å². The molecule has 0 saturated heterocycles. The molecule has 5 heteroatoms. The minimum atomic E-state index is 0.344. The number of para-hydroxylation sites is 1. The lowest BCUT2D eigenvalue weighted by Gasteiger charge is -2.08. The molecule has 0 atom stereocenters. The molecule has 3 aromatic rings. The number of benzene rings is 1. The molecule has 0 spiro atoms. The van der Waals surface area contributed by atoms with Crippen molar-refractivity contribution in [1.29, 1.82) is 5.26 Å². The number of halogens is 1. The van der Waals surface area contributed by atoms with Crippen molar-refractivity contribution in [3.05, 3.63) is 65.6 Å². The molecule has 0 unspecified atom stereocenters. The second-order valence-electron chi connectivity index (χ2n) is 4.13. The Morgan fingerprint density at radius 1 is 1.10 bits per heavy atom. The molecule has 0 amide bonds. The van der Waals surface area contributed by atoms with Gasteiger partial charge in [-0.25, -0.2) is 4.68 Å². The first-order valence-electron chi connectivity index (χ1n) is 5.95. The Balaban J connectivity index is 2.24. The van der Waals surface area contributed by atoms with E-state index in [9.17, 15) is 0 Å². The smallest absolute Gasteiger partial charge is 0.163 e. The molecule has 0 aliphatic rings. The molecule has 0 fully saturated rings. The highest BCUT2D eigenvalue weighted by Gasteiger charge is 2.13. The van der Waals surface area contributed by atoms with Crippen LogP contribution in [0.4, 0.5) is 0 Å². The van der Waals surface area contributed by atoms with E-state index in [1.54, 1.807) is 29.2 Å². The average Bonchev–Trinajstić information content (AvgIpc) is 2.93. The van der Waals surface area contributed by atoms with Crippen LogP contribution in [0.1, 0.15) is 5.69 Å². The second kappa shape index (κ2) is 5.16. The van der Waals surface area contributed by atoms with Crippen molar-refractivity contribution in [2.75, 3.05) is 0 Å². The quantitative estimate of drug-likeness (QED) is 0.722. The third kappa shape index (κ3) is 2.15. The monoisotopic (exact) mass is 280 g/mol. The Morgan fingerprint density at radius 3 is 2.55 bits per heavy atom. The number of aromatic nitrogens is 3. The van der Waals surface area contributed by atoms with Crippen molar-refractivity contribution < 1.29 is 0 Å². The van der Waals surface area contributed by atoms with E-state index in [1.807, 2.05) is 30.3 Å². The highest BCUT2D eigenvalue weighted by Crippen LogP contribution is 2.27. The van der Waals surface area contributed by atoms with Crippen molar-refractivity contribution in [1.82, 2.24) is 14.8 Å². The molecule has 96 valence electrons. The number of rotatable bonds is 2. The summed E-state index contributed by atoms with van der Waals surface area (Å²) in [6.07, 6.45) is 3.40. The molecule has 0 saturated carbocycles. The molecule has 1 aromatic carbocycles. The highest BCUT2D eigenvalue weighted by molar-refractivity contribution is 6.32. The SMILES string of the molecule is N#Cc1cc(-c2ccncc2)n(-c2ccccc2Cl)n1. The first kappa shape index (κ1) is 12.4. The van der Waals surface area contributed by atoms with E-state index >= 15 is 0 Å². The minimum absolute atomic E-state index is 0.344. The first-order valence-corrected chi connectivity index (χ1v) is 6.33. The number of pyridine rings is 1. The Hall–Kier alpha value is -2.64. The average molecular weight is 281 g/mol. The van der Waals surface area contributed by atoms with E-state index in [-0.39, 0.29) is 0 Å². The topological polar surface area (TPSA) is 54.5 Å². The molecule has 0 radical (unpaired) electrons. The summed E-state index contributed by atoms with van der Waals surface area (Å²) in [7, 11) is 0. The van der Waals surface area contributed by atoms with Crippen LogP contribution in [0.3, 0.4) is 0 Å². The van der Waals surface area contributed by atoms with E-state index in [2.05, 4.69) is 16.2 Å². The maximum absolute atomic E-state index is 9.07. The normalized spacial score (nSPS) is 10.2. The molecule has 2 aromatic heterocycles. The zero-order valence-corrected chi connectivity index (χ0v) is 11.1. The van der Waals surface area contributed by atoms with Crippen molar-refractivity contribution >= 4 is 11.6 Å². The predicted molar refractivity (Wildman–Crippen MR) is 76.5 cm³/mol. The molecule has 2 heterocycles. The Morgan fingerprint density at radius 2 is 1.85 bits per heavy atom. The van der Waals surface area contributed by atoms with Crippen molar-refractivity contribution in [3.8, 4) is 23.0 Å². The summed E-state index contributed by atoms with van der Waals surface area (Å²) >= 11 is 6.21. The van der Waals surface area contributed by atoms with Crippen LogP contribution >= 0.6 is 11.6 Å². The summed E-state index contributed by atoms with van der Waals surface area (Å²) in [4.78, 5) is 4.00. The predicted octanol–water partition coefficient (Wildman–Crippen LogP) is 3.46. The molecule has 0 N–H and O–H groups in total. The summed E-state index contributed by atoms with van der Waals surface area (Å²) < 4.78 is 1.68. The Kier molecular flexibility index (Phi) is 3.20. The van der Waals surface area contributed by atoms with Crippen molar-refractivity contribution in [2.24, 2.45) is 0 Å². The largest absolute Gasteiger partial charge is 0.265 e. The van der Waals surface area contributed by atoms with Crippen LogP contribution in [0.2, 0.25) is 5.02 Å². The maximum Gasteiger partial charge on any atom is 0.163 e. The maximum atomic E-state index is 9.07. The van der Waals surface area contributed by atoms with Gasteiger partial charge in [0, 0.05) is 24.0 Å². The van der Waals surface area contributed by atoms with E-state index in [0.717, 1.165) is 16.9 Å². The molecule has 20 heavy (non-hydrogen) atoms. The standard InChI is InChI=1S/C15H9ClN4/c16-13-3-1-2-4-14(13)20-15(9-12(10-17)19-20)11-5-7-18-8-6-11/h1-9H. The van der Waals surface area contributed by atoms with Crippen LogP contribution in [0.5, 0.6) is 0 Å². The van der Waals surface area contributed by atoms with Gasteiger partial charge < -0.3 is 0 Å². The second-order valence-corrected chi connectivity index (χ2v) is 4.53. The Bertz CT molecular complexity index is 787. The zero-order valence-electron chi connectivity index (χ0n) is 10.4. The fraction of sp³-hybridized carbons (Fsp3) is 0. The molecule has 0 bridgehead atoms. The highest BCUT2D eigenvalue weighted by atomic mass is 35.5. The lowest BCUT2D eigenvalue weighted by Crippen LogP contribution is -2.00. The van der Waals surface area contributed by atoms with Gasteiger partial charge in [-0.05, 0) is 24.3 Å². The number of hydrogen-bond donors (Lipinski definition) is 0. The van der Waals surface area contributed by atoms with Gasteiger partial charge in [-0.2, -0.15) is 10.4 Å². The van der Waals surface area contributed by atoms with Gasteiger partial charge >= 0.3 is 0 Å². The Labute approximate surface area is 120 Å². The fourth-order valence-electron chi connectivity index (χ4n) is 1.97. The molecular formula is C15H9ClN4. The first-order chi connectivity index (χ1) is 9.79. The summed E-state index contributed by atoms with van der Waals surface area (Å²) in [6, 6.07) is 14.9. The zero-order chi connectivity index (χ0) is 13.9. The third-order valence-corrected chi connectivity index (χ3v) is 3.20. The van der Waals surface area contributed by atoms with Gasteiger partial charge in [0.25, 0.3) is 0 Å². The van der Waals surface area contributed by atoms with Gasteiger partial charge in [0.15, 0.2) is 5.69 Å². The lowest BCUT2D eigenvalue weighted by molar-refractivity contribution is 0.880. The van der Waals surface area contributed by atoms with Gasteiger partial charge in [-0.3, -0.25) is 4.98 Å². The summed E-state index contributed by atoms with van der Waals surface area (Å²) in [5, 5.41) is 13.9. The van der Waals surface area contributed by atoms with Gasteiger partial charge in [0.05, 0.1) is 16.4 Å². The molecule has 3 rings (SSSR count). The summed E-state index contributed by atoms with van der Waals surface area (Å²) in [5.41, 5.74) is 2.81. The van der Waals surface area contributed by atoms with E-state index in [0.29, 0.717) is 10.7 Å². The molecular weight excluding hydrogens is 272 g/mol. The van der Waals surface area contributed by atoms with E-state index in [4.69, 9.17) is 16.9 Å².